The summed E-state index contributed by atoms with van der Waals surface area (Å²) in [6.07, 6.45) is 3.48. The van der Waals surface area contributed by atoms with E-state index in [1.165, 1.54) is 17.6 Å². The van der Waals surface area contributed by atoms with Crippen LogP contribution in [0.15, 0.2) is 73.3 Å². The quantitative estimate of drug-likeness (QED) is 0.395. The Morgan fingerprint density at radius 3 is 2.49 bits per heavy atom. The monoisotopic (exact) mass is 481 g/mol. The predicted octanol–water partition coefficient (Wildman–Crippen LogP) is 4.60. The van der Waals surface area contributed by atoms with Gasteiger partial charge in [-0.1, -0.05) is 48.5 Å². The molecule has 0 atom stereocenters. The van der Waals surface area contributed by atoms with E-state index in [-0.39, 0.29) is 0 Å². The van der Waals surface area contributed by atoms with Gasteiger partial charge in [0.2, 0.25) is 0 Å². The van der Waals surface area contributed by atoms with Crippen molar-refractivity contribution in [1.82, 2.24) is 24.4 Å². The molecule has 1 saturated heterocycles. The van der Waals surface area contributed by atoms with Crippen molar-refractivity contribution in [3.63, 3.8) is 0 Å². The maximum Gasteiger partial charge on any atom is 0.135 e. The van der Waals surface area contributed by atoms with Gasteiger partial charge in [-0.05, 0) is 24.7 Å². The van der Waals surface area contributed by atoms with Crippen molar-refractivity contribution < 1.29 is 0 Å². The van der Waals surface area contributed by atoms with Gasteiger partial charge >= 0.3 is 0 Å². The minimum Gasteiger partial charge on any atom is -0.383 e. The van der Waals surface area contributed by atoms with E-state index in [0.29, 0.717) is 5.82 Å². The van der Waals surface area contributed by atoms with Crippen LogP contribution in [0.3, 0.4) is 0 Å². The number of para-hydroxylation sites is 1. The zero-order chi connectivity index (χ0) is 23.8. The molecule has 4 heterocycles. The first-order chi connectivity index (χ1) is 17.2. The average Bonchev–Trinajstić information content (AvgIpc) is 3.50. The van der Waals surface area contributed by atoms with Crippen LogP contribution in [0.25, 0.3) is 32.0 Å². The molecule has 2 aromatic carbocycles. The zero-order valence-corrected chi connectivity index (χ0v) is 20.4. The minimum atomic E-state index is 0.505. The lowest BCUT2D eigenvalue weighted by Crippen LogP contribution is -2.44. The highest BCUT2D eigenvalue weighted by molar-refractivity contribution is 7.21. The number of piperazine rings is 1. The molecule has 176 valence electrons. The van der Waals surface area contributed by atoms with Crippen molar-refractivity contribution in [2.24, 2.45) is 0 Å². The van der Waals surface area contributed by atoms with E-state index in [0.717, 1.165) is 64.8 Å². The van der Waals surface area contributed by atoms with Crippen molar-refractivity contribution in [3.8, 4) is 21.8 Å². The highest BCUT2D eigenvalue weighted by Crippen LogP contribution is 2.39. The van der Waals surface area contributed by atoms with Crippen LogP contribution in [0.2, 0.25) is 0 Å². The van der Waals surface area contributed by atoms with Gasteiger partial charge in [-0.15, -0.1) is 11.3 Å². The maximum atomic E-state index is 6.17. The molecule has 0 aliphatic carbocycles. The predicted molar refractivity (Wildman–Crippen MR) is 144 cm³/mol. The van der Waals surface area contributed by atoms with Gasteiger partial charge in [-0.2, -0.15) is 0 Å². The molecule has 1 aliphatic rings. The number of nitrogen functional groups attached to an aromatic ring is 1. The van der Waals surface area contributed by atoms with Crippen molar-refractivity contribution in [2.45, 2.75) is 6.54 Å². The molecular formula is C27H27N7S. The molecular weight excluding hydrogens is 454 g/mol. The fourth-order valence-corrected chi connectivity index (χ4v) is 5.81. The summed E-state index contributed by atoms with van der Waals surface area (Å²) >= 11 is 1.63. The number of imidazole rings is 1. The number of nitrogens with zero attached hydrogens (tertiary/aromatic N) is 6. The van der Waals surface area contributed by atoms with Gasteiger partial charge in [0.1, 0.15) is 17.0 Å². The average molecular weight is 482 g/mol. The standard InChI is InChI=1S/C27H27N7S/c1-32-11-13-33(14-12-32)22-10-6-5-9-20(22)16-34-18-31-24(19-7-3-2-4-8-19)25(34)23-15-21-26(28)29-17-30-27(21)35-23/h2-10,15,17-18H,11-14,16H2,1H3,(H2,28,29,30). The third-order valence-electron chi connectivity index (χ3n) is 6.65. The lowest BCUT2D eigenvalue weighted by Gasteiger charge is -2.35. The normalized spacial score (nSPS) is 14.6. The molecule has 7 nitrogen and oxygen atoms in total. The molecule has 0 spiro atoms. The van der Waals surface area contributed by atoms with Crippen LogP contribution in [0.1, 0.15) is 5.56 Å². The number of hydrogen-bond acceptors (Lipinski definition) is 7. The van der Waals surface area contributed by atoms with Crippen molar-refractivity contribution >= 4 is 33.1 Å². The Hall–Kier alpha value is -3.75. The number of hydrogen-bond donors (Lipinski definition) is 1. The smallest absolute Gasteiger partial charge is 0.135 e. The first kappa shape index (κ1) is 21.8. The number of likely N-dealkylation sites (N-methyl/N-ethyl adjacent to an activating group) is 1. The van der Waals surface area contributed by atoms with Crippen LogP contribution in [0, 0.1) is 0 Å². The molecule has 0 bridgehead atoms. The Labute approximate surface area is 208 Å². The number of rotatable bonds is 5. The number of benzene rings is 2. The van der Waals surface area contributed by atoms with E-state index < -0.39 is 0 Å². The number of aromatic nitrogens is 4. The Kier molecular flexibility index (Phi) is 5.67. The Bertz CT molecular complexity index is 1470. The van der Waals surface area contributed by atoms with Gasteiger partial charge < -0.3 is 20.1 Å². The molecule has 2 N–H and O–H groups in total. The van der Waals surface area contributed by atoms with Crippen LogP contribution in [-0.4, -0.2) is 57.6 Å². The van der Waals surface area contributed by atoms with Crippen molar-refractivity contribution in [1.29, 1.82) is 0 Å². The molecule has 0 radical (unpaired) electrons. The highest BCUT2D eigenvalue weighted by atomic mass is 32.1. The number of nitrogens with two attached hydrogens (primary N) is 1. The molecule has 35 heavy (non-hydrogen) atoms. The SMILES string of the molecule is CN1CCN(c2ccccc2Cn2cnc(-c3ccccc3)c2-c2cc3c(N)ncnc3s2)CC1. The van der Waals surface area contributed by atoms with E-state index in [1.807, 2.05) is 12.4 Å². The molecule has 1 fully saturated rings. The van der Waals surface area contributed by atoms with E-state index in [4.69, 9.17) is 10.7 Å². The summed E-state index contributed by atoms with van der Waals surface area (Å²) < 4.78 is 2.26. The number of fused-ring (bicyclic) bond motifs is 1. The third-order valence-corrected chi connectivity index (χ3v) is 7.70. The summed E-state index contributed by atoms with van der Waals surface area (Å²) in [7, 11) is 2.19. The van der Waals surface area contributed by atoms with Crippen LogP contribution in [0.5, 0.6) is 0 Å². The first-order valence-electron chi connectivity index (χ1n) is 11.8. The molecule has 8 heteroatoms. The molecule has 6 rings (SSSR count). The Morgan fingerprint density at radius 2 is 1.69 bits per heavy atom. The van der Waals surface area contributed by atoms with Gasteiger partial charge in [0.05, 0.1) is 34.5 Å². The second kappa shape index (κ2) is 9.13. The van der Waals surface area contributed by atoms with Gasteiger partial charge in [0.15, 0.2) is 0 Å². The first-order valence-corrected chi connectivity index (χ1v) is 12.6. The molecule has 0 saturated carbocycles. The van der Waals surface area contributed by atoms with E-state index in [9.17, 15) is 0 Å². The van der Waals surface area contributed by atoms with Gasteiger partial charge in [0, 0.05) is 37.4 Å². The largest absolute Gasteiger partial charge is 0.383 e. The van der Waals surface area contributed by atoms with Crippen molar-refractivity contribution in [3.05, 3.63) is 78.9 Å². The lowest BCUT2D eigenvalue weighted by molar-refractivity contribution is 0.312. The second-order valence-electron chi connectivity index (χ2n) is 8.94. The topological polar surface area (TPSA) is 76.1 Å². The second-order valence-corrected chi connectivity index (χ2v) is 9.97. The van der Waals surface area contributed by atoms with Gasteiger partial charge in [-0.3, -0.25) is 0 Å². The highest BCUT2D eigenvalue weighted by Gasteiger charge is 2.21. The lowest BCUT2D eigenvalue weighted by atomic mass is 10.1. The summed E-state index contributed by atoms with van der Waals surface area (Å²) in [6.45, 7) is 4.95. The molecule has 0 amide bonds. The molecule has 1 aliphatic heterocycles. The summed E-state index contributed by atoms with van der Waals surface area (Å²) in [5, 5.41) is 0.886. The number of anilines is 2. The summed E-state index contributed by atoms with van der Waals surface area (Å²) in [5.41, 5.74) is 11.9. The molecule has 5 aromatic rings. The van der Waals surface area contributed by atoms with Crippen LogP contribution >= 0.6 is 11.3 Å². The van der Waals surface area contributed by atoms with Gasteiger partial charge in [0.25, 0.3) is 0 Å². The Morgan fingerprint density at radius 1 is 0.914 bits per heavy atom. The van der Waals surface area contributed by atoms with Crippen molar-refractivity contribution in [2.75, 3.05) is 43.9 Å². The Balaban J connectivity index is 1.45. The van der Waals surface area contributed by atoms with Crippen LogP contribution < -0.4 is 10.6 Å². The summed E-state index contributed by atoms with van der Waals surface area (Å²) in [6, 6.07) is 21.2. The summed E-state index contributed by atoms with van der Waals surface area (Å²) in [5.74, 6) is 0.505. The summed E-state index contributed by atoms with van der Waals surface area (Å²) in [4.78, 5) is 20.4. The maximum absolute atomic E-state index is 6.17. The molecule has 3 aromatic heterocycles. The van der Waals surface area contributed by atoms with E-state index >= 15 is 0 Å². The van der Waals surface area contributed by atoms with E-state index in [2.05, 4.69) is 86.0 Å². The van der Waals surface area contributed by atoms with Gasteiger partial charge in [-0.25, -0.2) is 15.0 Å². The molecule has 0 unspecified atom stereocenters. The fraction of sp³-hybridized carbons (Fsp3) is 0.222. The minimum absolute atomic E-state index is 0.505. The number of thiophene rings is 1. The zero-order valence-electron chi connectivity index (χ0n) is 19.6. The van der Waals surface area contributed by atoms with E-state index in [1.54, 1.807) is 11.3 Å². The fourth-order valence-electron chi connectivity index (χ4n) is 4.74. The van der Waals surface area contributed by atoms with Crippen LogP contribution in [-0.2, 0) is 6.54 Å². The van der Waals surface area contributed by atoms with Crippen LogP contribution in [0.4, 0.5) is 11.5 Å². The third kappa shape index (κ3) is 4.15.